The molecule has 3 rings (SSSR count). The summed E-state index contributed by atoms with van der Waals surface area (Å²) in [6, 6.07) is 14.0. The number of thioether (sulfide) groups is 2. The number of aromatic amines is 1. The van der Waals surface area contributed by atoms with Gasteiger partial charge in [0.15, 0.2) is 5.16 Å². The Kier molecular flexibility index (Phi) is 6.04. The van der Waals surface area contributed by atoms with Gasteiger partial charge < -0.3 is 10.3 Å². The minimum Gasteiger partial charge on any atom is -0.337 e. The third kappa shape index (κ3) is 4.58. The molecule has 25 heavy (non-hydrogen) atoms. The average molecular weight is 372 g/mol. The lowest BCUT2D eigenvalue weighted by Gasteiger charge is -2.08. The van der Waals surface area contributed by atoms with E-state index in [1.54, 1.807) is 0 Å². The Morgan fingerprint density at radius 1 is 1.20 bits per heavy atom. The minimum atomic E-state index is -0.0268. The van der Waals surface area contributed by atoms with E-state index in [1.165, 1.54) is 11.8 Å². The lowest BCUT2D eigenvalue weighted by atomic mass is 10.1. The first-order chi connectivity index (χ1) is 12.2. The van der Waals surface area contributed by atoms with Crippen molar-refractivity contribution in [2.24, 2.45) is 0 Å². The van der Waals surface area contributed by atoms with Gasteiger partial charge in [-0.15, -0.1) is 0 Å². The maximum atomic E-state index is 12.3. The monoisotopic (exact) mass is 371 g/mol. The number of carbonyl (C=O) groups excluding carboxylic acids is 1. The van der Waals surface area contributed by atoms with Crippen molar-refractivity contribution in [1.82, 2.24) is 9.97 Å². The van der Waals surface area contributed by atoms with Crippen molar-refractivity contribution in [3.05, 3.63) is 53.9 Å². The number of anilines is 1. The van der Waals surface area contributed by atoms with Gasteiger partial charge in [-0.05, 0) is 30.4 Å². The molecule has 0 aliphatic carbocycles. The van der Waals surface area contributed by atoms with Gasteiger partial charge in [0.05, 0.1) is 11.4 Å². The van der Waals surface area contributed by atoms with Gasteiger partial charge in [0.25, 0.3) is 0 Å². The van der Waals surface area contributed by atoms with Crippen LogP contribution in [0, 0.1) is 6.92 Å². The maximum absolute atomic E-state index is 12.3. The number of benzene rings is 2. The van der Waals surface area contributed by atoms with E-state index in [1.807, 2.05) is 61.2 Å². The van der Waals surface area contributed by atoms with Gasteiger partial charge in [0, 0.05) is 23.2 Å². The summed E-state index contributed by atoms with van der Waals surface area (Å²) in [6.45, 7) is 2.03. The number of imidazole rings is 1. The van der Waals surface area contributed by atoms with Crippen LogP contribution < -0.4 is 5.32 Å². The van der Waals surface area contributed by atoms with Gasteiger partial charge in [-0.25, -0.2) is 4.98 Å². The molecule has 1 heterocycles. The van der Waals surface area contributed by atoms with Crippen LogP contribution in [0.5, 0.6) is 0 Å². The Morgan fingerprint density at radius 3 is 2.84 bits per heavy atom. The first-order valence-corrected chi connectivity index (χ1v) is 10.5. The molecule has 4 nitrogen and oxygen atoms in total. The molecule has 0 unspecified atom stereocenters. The first kappa shape index (κ1) is 17.9. The third-order valence-electron chi connectivity index (χ3n) is 3.91. The lowest BCUT2D eigenvalue weighted by molar-refractivity contribution is -0.113. The first-order valence-electron chi connectivity index (χ1n) is 8.12. The van der Waals surface area contributed by atoms with E-state index < -0.39 is 0 Å². The van der Waals surface area contributed by atoms with Crippen LogP contribution in [0.4, 0.5) is 5.69 Å². The molecular formula is C19H21N3OS2. The average Bonchev–Trinajstić information content (AvgIpc) is 2.98. The van der Waals surface area contributed by atoms with Gasteiger partial charge in [-0.2, -0.15) is 11.8 Å². The van der Waals surface area contributed by atoms with Crippen molar-refractivity contribution in [1.29, 1.82) is 0 Å². The van der Waals surface area contributed by atoms with E-state index in [-0.39, 0.29) is 5.91 Å². The summed E-state index contributed by atoms with van der Waals surface area (Å²) in [6.07, 6.45) is 3.04. The Balaban J connectivity index is 1.61. The molecule has 0 saturated carbocycles. The molecule has 1 amide bonds. The second-order valence-corrected chi connectivity index (χ2v) is 7.67. The predicted molar refractivity (Wildman–Crippen MR) is 109 cm³/mol. The summed E-state index contributed by atoms with van der Waals surface area (Å²) in [4.78, 5) is 20.2. The zero-order valence-electron chi connectivity index (χ0n) is 14.3. The Labute approximate surface area is 156 Å². The van der Waals surface area contributed by atoms with E-state index in [0.29, 0.717) is 5.75 Å². The van der Waals surface area contributed by atoms with E-state index in [9.17, 15) is 4.79 Å². The number of nitrogens with one attached hydrogen (secondary N) is 2. The zero-order chi connectivity index (χ0) is 17.6. The lowest BCUT2D eigenvalue weighted by Crippen LogP contribution is -2.14. The molecule has 0 aliphatic heterocycles. The molecule has 6 heteroatoms. The molecular weight excluding hydrogens is 350 g/mol. The number of aromatic nitrogens is 2. The summed E-state index contributed by atoms with van der Waals surface area (Å²) in [5.41, 5.74) is 3.03. The van der Waals surface area contributed by atoms with Crippen LogP contribution in [0.3, 0.4) is 0 Å². The standard InChI is InChI=1S/C19H21N3OS2/c1-13-16(10-11-24-2)22-19(20-13)25-12-18(23)21-17-9-5-7-14-6-3-4-8-15(14)17/h3-9H,10-12H2,1-2H3,(H,20,22)(H,21,23). The molecule has 130 valence electrons. The highest BCUT2D eigenvalue weighted by molar-refractivity contribution is 7.99. The second kappa shape index (κ2) is 8.45. The highest BCUT2D eigenvalue weighted by Crippen LogP contribution is 2.24. The number of aryl methyl sites for hydroxylation is 2. The van der Waals surface area contributed by atoms with Crippen molar-refractivity contribution in [2.45, 2.75) is 18.5 Å². The van der Waals surface area contributed by atoms with Crippen molar-refractivity contribution in [2.75, 3.05) is 23.1 Å². The van der Waals surface area contributed by atoms with Gasteiger partial charge in [-0.1, -0.05) is 48.2 Å². The fourth-order valence-corrected chi connectivity index (χ4v) is 3.77. The quantitative estimate of drug-likeness (QED) is 0.600. The van der Waals surface area contributed by atoms with E-state index in [0.717, 1.165) is 45.2 Å². The molecule has 3 aromatic rings. The summed E-state index contributed by atoms with van der Waals surface area (Å²) >= 11 is 3.25. The van der Waals surface area contributed by atoms with Gasteiger partial charge in [0.1, 0.15) is 0 Å². The van der Waals surface area contributed by atoms with Gasteiger partial charge in [0.2, 0.25) is 5.91 Å². The Bertz CT molecular complexity index is 871. The molecule has 0 radical (unpaired) electrons. The highest BCUT2D eigenvalue weighted by atomic mass is 32.2. The van der Waals surface area contributed by atoms with Crippen LogP contribution in [0.1, 0.15) is 11.4 Å². The zero-order valence-corrected chi connectivity index (χ0v) is 16.0. The van der Waals surface area contributed by atoms with E-state index >= 15 is 0 Å². The van der Waals surface area contributed by atoms with Crippen LogP contribution in [-0.2, 0) is 11.2 Å². The van der Waals surface area contributed by atoms with Crippen LogP contribution in [0.2, 0.25) is 0 Å². The van der Waals surface area contributed by atoms with Crippen molar-refractivity contribution in [3.8, 4) is 0 Å². The number of nitrogens with zero attached hydrogens (tertiary/aromatic N) is 1. The molecule has 2 N–H and O–H groups in total. The molecule has 2 aromatic carbocycles. The minimum absolute atomic E-state index is 0.0268. The topological polar surface area (TPSA) is 57.8 Å². The molecule has 0 bridgehead atoms. The summed E-state index contributed by atoms with van der Waals surface area (Å²) in [7, 11) is 0. The van der Waals surface area contributed by atoms with E-state index in [4.69, 9.17) is 0 Å². The molecule has 0 saturated heterocycles. The van der Waals surface area contributed by atoms with Crippen LogP contribution in [0.25, 0.3) is 10.8 Å². The maximum Gasteiger partial charge on any atom is 0.234 e. The Hall–Kier alpha value is -1.92. The number of H-pyrrole nitrogens is 1. The summed E-state index contributed by atoms with van der Waals surface area (Å²) in [5.74, 6) is 1.36. The normalized spacial score (nSPS) is 11.0. The summed E-state index contributed by atoms with van der Waals surface area (Å²) < 4.78 is 0. The highest BCUT2D eigenvalue weighted by Gasteiger charge is 2.10. The third-order valence-corrected chi connectivity index (χ3v) is 5.40. The number of hydrogen-bond donors (Lipinski definition) is 2. The number of carbonyl (C=O) groups is 1. The molecule has 0 aliphatic rings. The van der Waals surface area contributed by atoms with Crippen LogP contribution in [-0.4, -0.2) is 33.6 Å². The van der Waals surface area contributed by atoms with Gasteiger partial charge in [-0.3, -0.25) is 4.79 Å². The number of hydrogen-bond acceptors (Lipinski definition) is 4. The number of fused-ring (bicyclic) bond motifs is 1. The van der Waals surface area contributed by atoms with Crippen LogP contribution in [0.15, 0.2) is 47.6 Å². The predicted octanol–water partition coefficient (Wildman–Crippen LogP) is 4.51. The van der Waals surface area contributed by atoms with E-state index in [2.05, 4.69) is 21.5 Å². The van der Waals surface area contributed by atoms with Crippen molar-refractivity contribution >= 4 is 45.9 Å². The molecule has 0 atom stereocenters. The SMILES string of the molecule is CSCCc1nc(SCC(=O)Nc2cccc3ccccc23)[nH]c1C. The van der Waals surface area contributed by atoms with Crippen LogP contribution >= 0.6 is 23.5 Å². The fourth-order valence-electron chi connectivity index (χ4n) is 2.63. The van der Waals surface area contributed by atoms with Crippen molar-refractivity contribution in [3.63, 3.8) is 0 Å². The molecule has 1 aromatic heterocycles. The smallest absolute Gasteiger partial charge is 0.234 e. The second-order valence-electron chi connectivity index (χ2n) is 5.72. The molecule has 0 fully saturated rings. The number of amides is 1. The number of rotatable bonds is 7. The summed E-state index contributed by atoms with van der Waals surface area (Å²) in [5, 5.41) is 5.98. The molecule has 0 spiro atoms. The largest absolute Gasteiger partial charge is 0.337 e. The fraction of sp³-hybridized carbons (Fsp3) is 0.263. The van der Waals surface area contributed by atoms with Gasteiger partial charge >= 0.3 is 0 Å². The Morgan fingerprint density at radius 2 is 2.00 bits per heavy atom. The van der Waals surface area contributed by atoms with Crippen molar-refractivity contribution < 1.29 is 4.79 Å².